The van der Waals surface area contributed by atoms with E-state index < -0.39 is 0 Å². The van der Waals surface area contributed by atoms with Crippen LogP contribution in [0.4, 0.5) is 5.82 Å². The Morgan fingerprint density at radius 3 is 2.37 bits per heavy atom. The Morgan fingerprint density at radius 2 is 1.71 bits per heavy atom. The summed E-state index contributed by atoms with van der Waals surface area (Å²) in [4.78, 5) is 24.5. The van der Waals surface area contributed by atoms with E-state index in [1.54, 1.807) is 12.3 Å². The maximum absolute atomic E-state index is 12.6. The van der Waals surface area contributed by atoms with Crippen molar-refractivity contribution >= 4 is 23.3 Å². The van der Waals surface area contributed by atoms with Crippen LogP contribution in [0, 0.1) is 11.3 Å². The van der Waals surface area contributed by atoms with Crippen molar-refractivity contribution in [3.05, 3.63) is 94.1 Å². The van der Waals surface area contributed by atoms with Crippen molar-refractivity contribution in [2.24, 2.45) is 0 Å². The highest BCUT2D eigenvalue weighted by molar-refractivity contribution is 6.33. The van der Waals surface area contributed by atoms with Crippen molar-refractivity contribution in [2.45, 2.75) is 32.0 Å². The summed E-state index contributed by atoms with van der Waals surface area (Å²) in [6.07, 6.45) is 3.96. The maximum atomic E-state index is 12.6. The number of carbonyl (C=O) groups is 1. The fourth-order valence-corrected chi connectivity index (χ4v) is 5.64. The number of benzene rings is 2. The van der Waals surface area contributed by atoms with Gasteiger partial charge in [0.25, 0.3) is 5.91 Å². The number of amides is 1. The molecule has 0 saturated carbocycles. The predicted molar refractivity (Wildman–Crippen MR) is 152 cm³/mol. The van der Waals surface area contributed by atoms with Gasteiger partial charge in [0.1, 0.15) is 5.82 Å². The third-order valence-electron chi connectivity index (χ3n) is 7.56. The van der Waals surface area contributed by atoms with Crippen molar-refractivity contribution in [3.63, 3.8) is 0 Å². The monoisotopic (exact) mass is 530 g/mol. The molecule has 2 aliphatic rings. The van der Waals surface area contributed by atoms with E-state index in [0.717, 1.165) is 57.2 Å². The summed E-state index contributed by atoms with van der Waals surface area (Å²) in [7, 11) is 0. The quantitative estimate of drug-likeness (QED) is 0.482. The molecular weight excluding hydrogens is 496 g/mol. The van der Waals surface area contributed by atoms with Crippen molar-refractivity contribution in [3.8, 4) is 6.07 Å². The zero-order chi connectivity index (χ0) is 26.3. The number of pyridine rings is 1. The molecule has 2 fully saturated rings. The van der Waals surface area contributed by atoms with Gasteiger partial charge in [-0.3, -0.25) is 14.6 Å². The lowest BCUT2D eigenvalue weighted by Gasteiger charge is -2.43. The SMILES string of the molecule is N#Cc1ccc(CN2CCC(N3CCN(c4ncc(C(=O)NCc5ccccc5)cc4Cl)CC3)CC2)cc1.[HH]. The van der Waals surface area contributed by atoms with Gasteiger partial charge in [-0.25, -0.2) is 4.98 Å². The summed E-state index contributed by atoms with van der Waals surface area (Å²) in [6.45, 7) is 7.30. The average Bonchev–Trinajstić information content (AvgIpc) is 2.97. The number of rotatable bonds is 7. The Balaban J connectivity index is 0.00000353. The Labute approximate surface area is 231 Å². The van der Waals surface area contributed by atoms with Crippen LogP contribution >= 0.6 is 11.6 Å². The molecular formula is C30H35ClN6O. The fourth-order valence-electron chi connectivity index (χ4n) is 5.35. The second-order valence-electron chi connectivity index (χ2n) is 10.0. The summed E-state index contributed by atoms with van der Waals surface area (Å²) in [5.41, 5.74) is 3.50. The molecule has 0 bridgehead atoms. The number of likely N-dealkylation sites (tertiary alicyclic amines) is 1. The molecule has 0 radical (unpaired) electrons. The number of aromatic nitrogens is 1. The fraction of sp³-hybridized carbons (Fsp3) is 0.367. The molecule has 1 N–H and O–H groups in total. The third-order valence-corrected chi connectivity index (χ3v) is 7.83. The minimum atomic E-state index is -0.176. The Bertz CT molecular complexity index is 1270. The molecule has 0 unspecified atom stereocenters. The van der Waals surface area contributed by atoms with E-state index in [0.29, 0.717) is 28.7 Å². The number of piperazine rings is 1. The van der Waals surface area contributed by atoms with Crippen LogP contribution in [0.3, 0.4) is 0 Å². The average molecular weight is 531 g/mol. The first-order chi connectivity index (χ1) is 18.6. The number of hydrogen-bond donors (Lipinski definition) is 1. The van der Waals surface area contributed by atoms with Gasteiger partial charge in [0.2, 0.25) is 0 Å². The molecule has 2 saturated heterocycles. The van der Waals surface area contributed by atoms with Gasteiger partial charge in [0.15, 0.2) is 0 Å². The molecule has 198 valence electrons. The molecule has 0 atom stereocenters. The van der Waals surface area contributed by atoms with Crippen LogP contribution in [-0.2, 0) is 13.1 Å². The van der Waals surface area contributed by atoms with Crippen LogP contribution in [0.15, 0.2) is 66.9 Å². The van der Waals surface area contributed by atoms with Crippen molar-refractivity contribution in [1.29, 1.82) is 5.26 Å². The first-order valence-electron chi connectivity index (χ1n) is 13.3. The second kappa shape index (κ2) is 12.4. The third kappa shape index (κ3) is 6.51. The van der Waals surface area contributed by atoms with E-state index in [1.807, 2.05) is 42.5 Å². The van der Waals surface area contributed by atoms with Gasteiger partial charge >= 0.3 is 0 Å². The molecule has 0 spiro atoms. The second-order valence-corrected chi connectivity index (χ2v) is 10.4. The number of halogens is 1. The minimum absolute atomic E-state index is 0. The number of piperidine rings is 1. The Kier molecular flexibility index (Phi) is 8.54. The Hall–Kier alpha value is -3.44. The van der Waals surface area contributed by atoms with Gasteiger partial charge in [-0.2, -0.15) is 5.26 Å². The van der Waals surface area contributed by atoms with Crippen LogP contribution in [-0.4, -0.2) is 66.0 Å². The predicted octanol–water partition coefficient (Wildman–Crippen LogP) is 4.57. The van der Waals surface area contributed by atoms with E-state index in [1.165, 1.54) is 18.4 Å². The standard InChI is InChI=1S/C30H33ClN6O.H2/c31-28-18-26(30(38)34-20-24-4-2-1-3-5-24)21-33-29(28)37-16-14-36(15-17-37)27-10-12-35(13-11-27)22-25-8-6-23(19-32)7-9-25;/h1-9,18,21,27H,10-17,20,22H2,(H,34,38);1H. The molecule has 7 nitrogen and oxygen atoms in total. The number of nitrogens with one attached hydrogen (secondary N) is 1. The molecule has 0 aliphatic carbocycles. The van der Waals surface area contributed by atoms with Gasteiger partial charge in [0, 0.05) is 52.9 Å². The Morgan fingerprint density at radius 1 is 1.00 bits per heavy atom. The highest BCUT2D eigenvalue weighted by Crippen LogP contribution is 2.27. The van der Waals surface area contributed by atoms with Crippen molar-refractivity contribution in [1.82, 2.24) is 20.1 Å². The van der Waals surface area contributed by atoms with Crippen LogP contribution in [0.2, 0.25) is 5.02 Å². The molecule has 2 aliphatic heterocycles. The zero-order valence-corrected chi connectivity index (χ0v) is 22.3. The van der Waals surface area contributed by atoms with E-state index in [-0.39, 0.29) is 7.33 Å². The molecule has 1 aromatic heterocycles. The summed E-state index contributed by atoms with van der Waals surface area (Å²) in [5, 5.41) is 12.4. The van der Waals surface area contributed by atoms with E-state index in [4.69, 9.17) is 16.9 Å². The highest BCUT2D eigenvalue weighted by Gasteiger charge is 2.28. The lowest BCUT2D eigenvalue weighted by molar-refractivity contribution is 0.0950. The molecule has 3 heterocycles. The number of anilines is 1. The van der Waals surface area contributed by atoms with Gasteiger partial charge < -0.3 is 10.2 Å². The van der Waals surface area contributed by atoms with E-state index in [9.17, 15) is 4.79 Å². The summed E-state index contributed by atoms with van der Waals surface area (Å²) in [6, 6.07) is 22.3. The first kappa shape index (κ1) is 26.2. The lowest BCUT2D eigenvalue weighted by atomic mass is 10.0. The number of nitrogens with zero attached hydrogens (tertiary/aromatic N) is 5. The molecule has 38 heavy (non-hydrogen) atoms. The molecule has 5 rings (SSSR count). The van der Waals surface area contributed by atoms with Crippen LogP contribution < -0.4 is 10.2 Å². The van der Waals surface area contributed by atoms with Crippen LogP contribution in [0.5, 0.6) is 0 Å². The zero-order valence-electron chi connectivity index (χ0n) is 21.5. The maximum Gasteiger partial charge on any atom is 0.253 e. The van der Waals surface area contributed by atoms with Gasteiger partial charge in [0.05, 0.1) is 22.2 Å². The van der Waals surface area contributed by atoms with E-state index in [2.05, 4.69) is 43.2 Å². The van der Waals surface area contributed by atoms with Crippen molar-refractivity contribution in [2.75, 3.05) is 44.2 Å². The minimum Gasteiger partial charge on any atom is -0.353 e. The molecule has 2 aromatic carbocycles. The van der Waals surface area contributed by atoms with Gasteiger partial charge in [-0.1, -0.05) is 54.1 Å². The summed E-state index contributed by atoms with van der Waals surface area (Å²) in [5.74, 6) is 0.577. The number of nitriles is 1. The summed E-state index contributed by atoms with van der Waals surface area (Å²) >= 11 is 6.59. The van der Waals surface area contributed by atoms with Crippen LogP contribution in [0.1, 0.15) is 41.3 Å². The lowest BCUT2D eigenvalue weighted by Crippen LogP contribution is -2.53. The summed E-state index contributed by atoms with van der Waals surface area (Å²) < 4.78 is 0. The highest BCUT2D eigenvalue weighted by atomic mass is 35.5. The molecule has 8 heteroatoms. The van der Waals surface area contributed by atoms with E-state index >= 15 is 0 Å². The number of hydrogen-bond acceptors (Lipinski definition) is 6. The normalized spacial score (nSPS) is 17.2. The van der Waals surface area contributed by atoms with Gasteiger partial charge in [-0.15, -0.1) is 0 Å². The van der Waals surface area contributed by atoms with Gasteiger partial charge in [-0.05, 0) is 55.3 Å². The molecule has 3 aromatic rings. The smallest absolute Gasteiger partial charge is 0.253 e. The number of carbonyl (C=O) groups excluding carboxylic acids is 1. The first-order valence-corrected chi connectivity index (χ1v) is 13.6. The van der Waals surface area contributed by atoms with Crippen molar-refractivity contribution < 1.29 is 6.22 Å². The largest absolute Gasteiger partial charge is 0.353 e. The molecule has 1 amide bonds. The van der Waals surface area contributed by atoms with Crippen LogP contribution in [0.25, 0.3) is 0 Å². The topological polar surface area (TPSA) is 75.5 Å².